The molecule has 2 aromatic heterocycles. The van der Waals surface area contributed by atoms with Gasteiger partial charge in [0, 0.05) is 33.7 Å². The summed E-state index contributed by atoms with van der Waals surface area (Å²) in [4.78, 5) is 24.8. The standard InChI is InChI=1S/C25H23Cl2N5O2/c1-14-8-19(27)6-7-20(14)31-25-29-11-15(2)23(32-25)17-10-21(28-12-17)24(34)30-22(13-33)16-4-3-5-18(26)9-16/h3-12,22,28,33H,13H2,1-2H3,(H,30,34)(H,29,31,32). The summed E-state index contributed by atoms with van der Waals surface area (Å²) in [5.41, 5.74) is 5.17. The van der Waals surface area contributed by atoms with E-state index in [-0.39, 0.29) is 12.5 Å². The maximum atomic E-state index is 12.8. The van der Waals surface area contributed by atoms with Gasteiger partial charge in [0.1, 0.15) is 5.69 Å². The van der Waals surface area contributed by atoms with E-state index in [1.54, 1.807) is 48.8 Å². The Morgan fingerprint density at radius 2 is 1.88 bits per heavy atom. The fourth-order valence-corrected chi connectivity index (χ4v) is 3.96. The van der Waals surface area contributed by atoms with Crippen molar-refractivity contribution in [1.29, 1.82) is 0 Å². The van der Waals surface area contributed by atoms with E-state index in [2.05, 4.69) is 25.6 Å². The van der Waals surface area contributed by atoms with E-state index in [0.717, 1.165) is 27.9 Å². The van der Waals surface area contributed by atoms with Gasteiger partial charge < -0.3 is 20.7 Å². The van der Waals surface area contributed by atoms with Crippen LogP contribution < -0.4 is 10.6 Å². The molecule has 0 bridgehead atoms. The van der Waals surface area contributed by atoms with Crippen LogP contribution in [0.25, 0.3) is 11.3 Å². The Morgan fingerprint density at radius 3 is 2.62 bits per heavy atom. The lowest BCUT2D eigenvalue weighted by atomic mass is 10.1. The van der Waals surface area contributed by atoms with Gasteiger partial charge in [-0.25, -0.2) is 9.97 Å². The van der Waals surface area contributed by atoms with Gasteiger partial charge in [-0.05, 0) is 66.9 Å². The number of rotatable bonds is 7. The monoisotopic (exact) mass is 495 g/mol. The van der Waals surface area contributed by atoms with Crippen LogP contribution in [0.2, 0.25) is 10.0 Å². The zero-order valence-electron chi connectivity index (χ0n) is 18.6. The SMILES string of the molecule is Cc1cc(Cl)ccc1Nc1ncc(C)c(-c2c[nH]c(C(=O)NC(CO)c3cccc(Cl)c3)c2)n1. The van der Waals surface area contributed by atoms with Crippen LogP contribution in [-0.2, 0) is 0 Å². The number of nitrogens with one attached hydrogen (secondary N) is 3. The zero-order valence-corrected chi connectivity index (χ0v) is 20.1. The summed E-state index contributed by atoms with van der Waals surface area (Å²) >= 11 is 12.1. The minimum Gasteiger partial charge on any atom is -0.394 e. The molecule has 34 heavy (non-hydrogen) atoms. The number of aromatic nitrogens is 3. The van der Waals surface area contributed by atoms with Gasteiger partial charge in [-0.3, -0.25) is 4.79 Å². The molecule has 9 heteroatoms. The minimum absolute atomic E-state index is 0.260. The second kappa shape index (κ2) is 10.3. The molecule has 0 aliphatic heterocycles. The summed E-state index contributed by atoms with van der Waals surface area (Å²) in [5.74, 6) is 0.0756. The summed E-state index contributed by atoms with van der Waals surface area (Å²) < 4.78 is 0. The highest BCUT2D eigenvalue weighted by molar-refractivity contribution is 6.31. The first-order valence-corrected chi connectivity index (χ1v) is 11.3. The number of nitrogens with zero attached hydrogens (tertiary/aromatic N) is 2. The second-order valence-corrected chi connectivity index (χ2v) is 8.75. The Bertz CT molecular complexity index is 1340. The molecule has 4 rings (SSSR count). The molecule has 1 unspecified atom stereocenters. The van der Waals surface area contributed by atoms with Gasteiger partial charge in [0.2, 0.25) is 5.95 Å². The van der Waals surface area contributed by atoms with Gasteiger partial charge in [-0.2, -0.15) is 0 Å². The molecule has 174 valence electrons. The number of anilines is 2. The summed E-state index contributed by atoms with van der Waals surface area (Å²) in [5, 5.41) is 17.0. The predicted octanol–water partition coefficient (Wildman–Crippen LogP) is 5.60. The van der Waals surface area contributed by atoms with E-state index in [0.29, 0.717) is 27.4 Å². The summed E-state index contributed by atoms with van der Waals surface area (Å²) in [7, 11) is 0. The number of hydrogen-bond acceptors (Lipinski definition) is 5. The highest BCUT2D eigenvalue weighted by Gasteiger charge is 2.18. The first-order valence-electron chi connectivity index (χ1n) is 10.6. The van der Waals surface area contributed by atoms with Crippen molar-refractivity contribution in [1.82, 2.24) is 20.3 Å². The van der Waals surface area contributed by atoms with Gasteiger partial charge in [0.25, 0.3) is 5.91 Å². The normalized spacial score (nSPS) is 11.8. The van der Waals surface area contributed by atoms with E-state index in [1.807, 2.05) is 26.0 Å². The van der Waals surface area contributed by atoms with Crippen molar-refractivity contribution >= 4 is 40.7 Å². The van der Waals surface area contributed by atoms with Crippen molar-refractivity contribution in [3.63, 3.8) is 0 Å². The molecule has 0 aliphatic rings. The Balaban J connectivity index is 1.54. The van der Waals surface area contributed by atoms with Crippen molar-refractivity contribution in [3.8, 4) is 11.3 Å². The highest BCUT2D eigenvalue weighted by atomic mass is 35.5. The predicted molar refractivity (Wildman–Crippen MR) is 135 cm³/mol. The summed E-state index contributed by atoms with van der Waals surface area (Å²) in [6.45, 7) is 3.59. The second-order valence-electron chi connectivity index (χ2n) is 7.88. The fraction of sp³-hybridized carbons (Fsp3) is 0.160. The number of aromatic amines is 1. The highest BCUT2D eigenvalue weighted by Crippen LogP contribution is 2.26. The van der Waals surface area contributed by atoms with Crippen molar-refractivity contribution in [2.24, 2.45) is 0 Å². The third kappa shape index (κ3) is 5.39. The molecule has 2 heterocycles. The number of H-pyrrole nitrogens is 1. The van der Waals surface area contributed by atoms with Crippen molar-refractivity contribution in [2.75, 3.05) is 11.9 Å². The third-order valence-electron chi connectivity index (χ3n) is 5.35. The van der Waals surface area contributed by atoms with Gasteiger partial charge in [-0.15, -0.1) is 0 Å². The minimum atomic E-state index is -0.586. The van der Waals surface area contributed by atoms with E-state index in [9.17, 15) is 9.90 Å². The van der Waals surface area contributed by atoms with Crippen LogP contribution >= 0.6 is 23.2 Å². The molecule has 2 aromatic carbocycles. The van der Waals surface area contributed by atoms with Crippen LogP contribution in [0.4, 0.5) is 11.6 Å². The van der Waals surface area contributed by atoms with Crippen LogP contribution in [0.15, 0.2) is 60.9 Å². The average Bonchev–Trinajstić information content (AvgIpc) is 3.30. The summed E-state index contributed by atoms with van der Waals surface area (Å²) in [6, 6.07) is 13.7. The number of aryl methyl sites for hydroxylation is 2. The van der Waals surface area contributed by atoms with Crippen LogP contribution in [0.3, 0.4) is 0 Å². The number of hydrogen-bond donors (Lipinski definition) is 4. The van der Waals surface area contributed by atoms with Crippen molar-refractivity contribution < 1.29 is 9.90 Å². The molecule has 0 aliphatic carbocycles. The number of carbonyl (C=O) groups is 1. The van der Waals surface area contributed by atoms with E-state index < -0.39 is 6.04 Å². The molecule has 1 atom stereocenters. The maximum absolute atomic E-state index is 12.8. The lowest BCUT2D eigenvalue weighted by Gasteiger charge is -2.16. The van der Waals surface area contributed by atoms with Gasteiger partial charge in [0.15, 0.2) is 0 Å². The molecule has 7 nitrogen and oxygen atoms in total. The fourth-order valence-electron chi connectivity index (χ4n) is 3.54. The van der Waals surface area contributed by atoms with E-state index in [1.165, 1.54) is 0 Å². The molecule has 0 spiro atoms. The van der Waals surface area contributed by atoms with Crippen LogP contribution in [0.1, 0.15) is 33.2 Å². The number of aliphatic hydroxyl groups excluding tert-OH is 1. The van der Waals surface area contributed by atoms with Crippen LogP contribution in [0.5, 0.6) is 0 Å². The topological polar surface area (TPSA) is 103 Å². The molecule has 4 aromatic rings. The van der Waals surface area contributed by atoms with Crippen LogP contribution in [0, 0.1) is 13.8 Å². The lowest BCUT2D eigenvalue weighted by Crippen LogP contribution is -2.31. The Hall–Kier alpha value is -3.39. The summed E-state index contributed by atoms with van der Waals surface area (Å²) in [6.07, 6.45) is 3.44. The quantitative estimate of drug-likeness (QED) is 0.267. The van der Waals surface area contributed by atoms with Crippen molar-refractivity contribution in [2.45, 2.75) is 19.9 Å². The first kappa shape index (κ1) is 23.8. The van der Waals surface area contributed by atoms with Gasteiger partial charge >= 0.3 is 0 Å². The third-order valence-corrected chi connectivity index (χ3v) is 5.82. The number of carbonyl (C=O) groups excluding carboxylic acids is 1. The molecule has 4 N–H and O–H groups in total. The molecule has 0 saturated carbocycles. The zero-order chi connectivity index (χ0) is 24.2. The van der Waals surface area contributed by atoms with Gasteiger partial charge in [0.05, 0.1) is 18.3 Å². The Morgan fingerprint density at radius 1 is 1.09 bits per heavy atom. The van der Waals surface area contributed by atoms with E-state index in [4.69, 9.17) is 23.2 Å². The number of benzene rings is 2. The van der Waals surface area contributed by atoms with Gasteiger partial charge in [-0.1, -0.05) is 35.3 Å². The molecular weight excluding hydrogens is 473 g/mol. The van der Waals surface area contributed by atoms with Crippen LogP contribution in [-0.4, -0.2) is 32.6 Å². The molecular formula is C25H23Cl2N5O2. The Labute approximate surface area is 207 Å². The number of halogens is 2. The van der Waals surface area contributed by atoms with Crippen molar-refractivity contribution in [3.05, 3.63) is 93.4 Å². The molecule has 1 amide bonds. The largest absolute Gasteiger partial charge is 0.394 e. The smallest absolute Gasteiger partial charge is 0.268 e. The molecule has 0 fully saturated rings. The Kier molecular flexibility index (Phi) is 7.17. The average molecular weight is 496 g/mol. The first-order chi connectivity index (χ1) is 16.3. The lowest BCUT2D eigenvalue weighted by molar-refractivity contribution is 0.0911. The molecule has 0 radical (unpaired) electrons. The van der Waals surface area contributed by atoms with E-state index >= 15 is 0 Å². The number of amides is 1. The maximum Gasteiger partial charge on any atom is 0.268 e. The molecule has 0 saturated heterocycles. The number of aliphatic hydroxyl groups is 1.